The molecule has 26 heavy (non-hydrogen) atoms. The fourth-order valence-electron chi connectivity index (χ4n) is 3.31. The Hall–Kier alpha value is -2.32. The molecule has 0 spiro atoms. The number of aliphatic hydroxyl groups is 1. The molecule has 1 aromatic rings. The van der Waals surface area contributed by atoms with Gasteiger partial charge < -0.3 is 26.6 Å². The van der Waals surface area contributed by atoms with Crippen LogP contribution in [0.2, 0.25) is 0 Å². The minimum absolute atomic E-state index is 0.106. The maximum atomic E-state index is 12.3. The lowest BCUT2D eigenvalue weighted by Gasteiger charge is -2.21. The molecular formula is C18H23N3O4S. The molecule has 2 amide bonds. The van der Waals surface area contributed by atoms with E-state index in [1.807, 2.05) is 12.2 Å². The van der Waals surface area contributed by atoms with E-state index in [4.69, 9.17) is 16.2 Å². The van der Waals surface area contributed by atoms with Gasteiger partial charge in [-0.3, -0.25) is 4.79 Å². The average Bonchev–Trinajstić information content (AvgIpc) is 2.88. The first kappa shape index (κ1) is 18.5. The Morgan fingerprint density at radius 3 is 2.92 bits per heavy atom. The van der Waals surface area contributed by atoms with E-state index in [-0.39, 0.29) is 12.0 Å². The van der Waals surface area contributed by atoms with Crippen LogP contribution in [-0.4, -0.2) is 29.3 Å². The number of amides is 2. The summed E-state index contributed by atoms with van der Waals surface area (Å²) in [5.74, 6) is -0.106. The Morgan fingerprint density at radius 1 is 1.38 bits per heavy atom. The predicted octanol–water partition coefficient (Wildman–Crippen LogP) is 2.25. The van der Waals surface area contributed by atoms with Crippen LogP contribution >= 0.6 is 11.3 Å². The number of primary amides is 1. The molecule has 6 N–H and O–H groups in total. The van der Waals surface area contributed by atoms with Crippen molar-refractivity contribution in [2.45, 2.75) is 50.7 Å². The van der Waals surface area contributed by atoms with Crippen LogP contribution in [0, 0.1) is 0 Å². The van der Waals surface area contributed by atoms with Crippen LogP contribution in [-0.2, 0) is 22.4 Å². The molecule has 0 saturated carbocycles. The quantitative estimate of drug-likeness (QED) is 0.626. The van der Waals surface area contributed by atoms with Crippen molar-refractivity contribution >= 4 is 34.0 Å². The second-order valence-corrected chi connectivity index (χ2v) is 7.68. The molecule has 0 bridgehead atoms. The highest BCUT2D eigenvalue weighted by atomic mass is 32.1. The number of carbonyl (C=O) groups excluding carboxylic acids is 2. The van der Waals surface area contributed by atoms with Crippen LogP contribution in [0.25, 0.3) is 0 Å². The van der Waals surface area contributed by atoms with Crippen molar-refractivity contribution in [1.29, 1.82) is 0 Å². The summed E-state index contributed by atoms with van der Waals surface area (Å²) in [6, 6.07) is 0. The lowest BCUT2D eigenvalue weighted by molar-refractivity contribution is -0.116. The molecule has 3 rings (SSSR count). The van der Waals surface area contributed by atoms with Gasteiger partial charge in [-0.2, -0.15) is 0 Å². The first-order chi connectivity index (χ1) is 12.4. The van der Waals surface area contributed by atoms with Gasteiger partial charge in [-0.25, -0.2) is 4.79 Å². The molecule has 8 heteroatoms. The molecule has 0 aliphatic heterocycles. The van der Waals surface area contributed by atoms with Gasteiger partial charge in [-0.15, -0.1) is 11.3 Å². The van der Waals surface area contributed by atoms with Gasteiger partial charge in [0.05, 0.1) is 11.8 Å². The fraction of sp³-hybridized carbons (Fsp3) is 0.444. The maximum absolute atomic E-state index is 12.3. The molecule has 0 aromatic carbocycles. The van der Waals surface area contributed by atoms with Crippen LogP contribution in [0.4, 0.5) is 15.5 Å². The van der Waals surface area contributed by atoms with Gasteiger partial charge in [-0.1, -0.05) is 23.8 Å². The number of nitrogen functional groups attached to an aromatic ring is 1. The molecular weight excluding hydrogens is 354 g/mol. The lowest BCUT2D eigenvalue weighted by atomic mass is 9.95. The Morgan fingerprint density at radius 2 is 2.19 bits per heavy atom. The summed E-state index contributed by atoms with van der Waals surface area (Å²) < 4.78 is 5.08. The van der Waals surface area contributed by atoms with Crippen LogP contribution in [0.3, 0.4) is 0 Å². The van der Waals surface area contributed by atoms with E-state index in [1.165, 1.54) is 11.3 Å². The average molecular weight is 377 g/mol. The molecule has 2 aliphatic rings. The van der Waals surface area contributed by atoms with Crippen molar-refractivity contribution in [3.63, 3.8) is 0 Å². The highest BCUT2D eigenvalue weighted by Crippen LogP contribution is 2.40. The number of carbonyl (C=O) groups is 2. The third-order valence-corrected chi connectivity index (χ3v) is 5.79. The molecule has 2 aliphatic carbocycles. The van der Waals surface area contributed by atoms with Gasteiger partial charge in [0.15, 0.2) is 0 Å². The zero-order valence-electron chi connectivity index (χ0n) is 14.4. The zero-order valence-corrected chi connectivity index (χ0v) is 15.2. The number of hydrogen-bond acceptors (Lipinski definition) is 6. The Balaban J connectivity index is 1.58. The van der Waals surface area contributed by atoms with E-state index < -0.39 is 12.2 Å². The number of allylic oxidation sites excluding steroid dienone is 2. The lowest BCUT2D eigenvalue weighted by Crippen LogP contribution is -2.27. The van der Waals surface area contributed by atoms with E-state index in [1.54, 1.807) is 6.08 Å². The van der Waals surface area contributed by atoms with Gasteiger partial charge in [0.1, 0.15) is 11.1 Å². The highest BCUT2D eigenvalue weighted by molar-refractivity contribution is 7.17. The maximum Gasteiger partial charge on any atom is 0.404 e. The van der Waals surface area contributed by atoms with Gasteiger partial charge in [0.2, 0.25) is 5.91 Å². The normalized spacial score (nSPS) is 21.7. The molecule has 0 saturated heterocycles. The Kier molecular flexibility index (Phi) is 5.63. The van der Waals surface area contributed by atoms with Crippen molar-refractivity contribution in [1.82, 2.24) is 0 Å². The predicted molar refractivity (Wildman–Crippen MR) is 101 cm³/mol. The third-order valence-electron chi connectivity index (χ3n) is 4.61. The summed E-state index contributed by atoms with van der Waals surface area (Å²) in [5.41, 5.74) is 14.0. The topological polar surface area (TPSA) is 128 Å². The number of rotatable bonds is 5. The van der Waals surface area contributed by atoms with Crippen molar-refractivity contribution in [2.24, 2.45) is 5.73 Å². The van der Waals surface area contributed by atoms with Crippen LogP contribution in [0.15, 0.2) is 23.8 Å². The molecule has 2 atom stereocenters. The summed E-state index contributed by atoms with van der Waals surface area (Å²) in [6.45, 7) is 0. The number of thiophene rings is 1. The molecule has 7 nitrogen and oxygen atoms in total. The molecule has 2 unspecified atom stereocenters. The Labute approximate surface area is 155 Å². The summed E-state index contributed by atoms with van der Waals surface area (Å²) in [4.78, 5) is 24.2. The van der Waals surface area contributed by atoms with E-state index in [9.17, 15) is 14.7 Å². The van der Waals surface area contributed by atoms with Crippen molar-refractivity contribution in [3.8, 4) is 0 Å². The molecule has 1 heterocycles. The minimum atomic E-state index is -0.770. The van der Waals surface area contributed by atoms with Crippen LogP contribution < -0.4 is 16.8 Å². The summed E-state index contributed by atoms with van der Waals surface area (Å²) in [6.07, 6.45) is 7.47. The van der Waals surface area contributed by atoms with Crippen LogP contribution in [0.5, 0.6) is 0 Å². The summed E-state index contributed by atoms with van der Waals surface area (Å²) >= 11 is 1.43. The van der Waals surface area contributed by atoms with E-state index in [0.29, 0.717) is 49.2 Å². The number of ether oxygens (including phenoxy) is 1. The van der Waals surface area contributed by atoms with Gasteiger partial charge in [0, 0.05) is 17.7 Å². The third kappa shape index (κ3) is 4.44. The summed E-state index contributed by atoms with van der Waals surface area (Å²) in [5, 5.41) is 13.1. The second kappa shape index (κ2) is 7.92. The van der Waals surface area contributed by atoms with E-state index in [0.717, 1.165) is 16.0 Å². The smallest absolute Gasteiger partial charge is 0.404 e. The molecule has 140 valence electrons. The number of anilines is 2. The molecule has 0 fully saturated rings. The zero-order chi connectivity index (χ0) is 18.7. The van der Waals surface area contributed by atoms with Crippen molar-refractivity contribution in [2.75, 3.05) is 11.1 Å². The van der Waals surface area contributed by atoms with Crippen molar-refractivity contribution < 1.29 is 19.4 Å². The number of fused-ring (bicyclic) bond motifs is 1. The SMILES string of the molecule is NC(=O)OC1CCc2c(sc(NC(=O)CCC3=CC=CC(O)C3)c2N)C1. The Bertz CT molecular complexity index is 769. The van der Waals surface area contributed by atoms with Gasteiger partial charge in [0.25, 0.3) is 0 Å². The monoisotopic (exact) mass is 377 g/mol. The standard InChI is InChI=1S/C18H23N3O4S/c19-16-13-6-5-12(25-18(20)24)9-14(13)26-17(16)21-15(23)7-4-10-2-1-3-11(22)8-10/h1-3,11-12,22H,4-9,19H2,(H2,20,24)(H,21,23). The minimum Gasteiger partial charge on any atom is -0.446 e. The van der Waals surface area contributed by atoms with Gasteiger partial charge in [-0.05, 0) is 31.2 Å². The number of nitrogens with one attached hydrogen (secondary N) is 1. The molecule has 1 aromatic heterocycles. The van der Waals surface area contributed by atoms with E-state index >= 15 is 0 Å². The largest absolute Gasteiger partial charge is 0.446 e. The van der Waals surface area contributed by atoms with Crippen molar-refractivity contribution in [3.05, 3.63) is 34.2 Å². The molecule has 0 radical (unpaired) electrons. The van der Waals surface area contributed by atoms with E-state index in [2.05, 4.69) is 5.32 Å². The second-order valence-electron chi connectivity index (χ2n) is 6.58. The number of nitrogens with two attached hydrogens (primary N) is 2. The number of hydrogen-bond donors (Lipinski definition) is 4. The first-order valence-corrected chi connectivity index (χ1v) is 9.44. The first-order valence-electron chi connectivity index (χ1n) is 8.62. The summed E-state index contributed by atoms with van der Waals surface area (Å²) in [7, 11) is 0. The van der Waals surface area contributed by atoms with Gasteiger partial charge >= 0.3 is 6.09 Å². The fourth-order valence-corrected chi connectivity index (χ4v) is 4.56. The van der Waals surface area contributed by atoms with Crippen LogP contribution in [0.1, 0.15) is 36.1 Å². The number of aliphatic hydroxyl groups excluding tert-OH is 1. The highest BCUT2D eigenvalue weighted by Gasteiger charge is 2.27.